The number of nitrogens with zero attached hydrogens (tertiary/aromatic N) is 1. The van der Waals surface area contributed by atoms with Crippen molar-refractivity contribution in [3.05, 3.63) is 58.7 Å². The van der Waals surface area contributed by atoms with Gasteiger partial charge in [0.2, 0.25) is 5.76 Å². The van der Waals surface area contributed by atoms with Crippen LogP contribution in [0, 0.1) is 6.92 Å². The molecule has 1 aromatic heterocycles. The summed E-state index contributed by atoms with van der Waals surface area (Å²) in [5.74, 6) is -0.109. The van der Waals surface area contributed by atoms with E-state index >= 15 is 0 Å². The number of hydrogen-bond donors (Lipinski definition) is 1. The molecule has 0 saturated carbocycles. The van der Waals surface area contributed by atoms with Crippen LogP contribution in [0.25, 0.3) is 6.08 Å². The molecule has 2 heterocycles. The molecule has 1 saturated heterocycles. The van der Waals surface area contributed by atoms with Crippen LogP contribution in [0.5, 0.6) is 5.75 Å². The molecular weight excluding hydrogens is 352 g/mol. The molecule has 0 unspecified atom stereocenters. The van der Waals surface area contributed by atoms with E-state index in [-0.39, 0.29) is 18.0 Å². The molecule has 8 heteroatoms. The largest absolute Gasteiger partial charge is 0.497 e. The molecule has 27 heavy (non-hydrogen) atoms. The van der Waals surface area contributed by atoms with Crippen LogP contribution in [-0.2, 0) is 16.1 Å². The van der Waals surface area contributed by atoms with Gasteiger partial charge in [-0.25, -0.2) is 9.59 Å². The molecule has 1 fully saturated rings. The second-order valence-electron chi connectivity index (χ2n) is 5.86. The topological polar surface area (TPSA) is 98.1 Å². The Morgan fingerprint density at radius 1 is 1.22 bits per heavy atom. The molecule has 0 radical (unpaired) electrons. The van der Waals surface area contributed by atoms with Gasteiger partial charge in [0, 0.05) is 0 Å². The first-order valence-electron chi connectivity index (χ1n) is 8.09. The van der Waals surface area contributed by atoms with E-state index in [4.69, 9.17) is 9.15 Å². The number of methoxy groups -OCH3 is 2. The number of hydrogen-bond acceptors (Lipinski definition) is 6. The van der Waals surface area contributed by atoms with Crippen LogP contribution in [0.1, 0.15) is 27.4 Å². The quantitative estimate of drug-likeness (QED) is 0.493. The van der Waals surface area contributed by atoms with Crippen molar-refractivity contribution in [3.63, 3.8) is 0 Å². The lowest BCUT2D eigenvalue weighted by Gasteiger charge is -2.09. The first-order valence-corrected chi connectivity index (χ1v) is 8.09. The molecule has 1 aliphatic heterocycles. The fourth-order valence-electron chi connectivity index (χ4n) is 2.64. The average Bonchev–Trinajstić information content (AvgIpc) is 3.23. The Balaban J connectivity index is 1.79. The Kier molecular flexibility index (Phi) is 4.98. The van der Waals surface area contributed by atoms with Crippen LogP contribution in [0.15, 0.2) is 40.4 Å². The maximum Gasteiger partial charge on any atom is 0.373 e. The molecule has 3 rings (SSSR count). The van der Waals surface area contributed by atoms with Crippen LogP contribution in [0.2, 0.25) is 0 Å². The smallest absolute Gasteiger partial charge is 0.373 e. The Hall–Kier alpha value is -3.55. The number of ether oxygens (including phenoxy) is 2. The highest BCUT2D eigenvalue weighted by Crippen LogP contribution is 2.22. The standard InChI is InChI=1S/C19H18N2O6/c1-11-8-13(25-2)5-4-12(11)9-15-17(22)21(19(24)20-15)10-14-6-7-16(27-14)18(23)26-3/h4-9H,10H2,1-3H3,(H,20,24)/b15-9-. The lowest BCUT2D eigenvalue weighted by Crippen LogP contribution is -2.30. The zero-order valence-corrected chi connectivity index (χ0v) is 15.1. The van der Waals surface area contributed by atoms with Gasteiger partial charge in [-0.1, -0.05) is 6.07 Å². The zero-order valence-electron chi connectivity index (χ0n) is 15.1. The first kappa shape index (κ1) is 18.2. The number of amides is 3. The molecule has 1 aliphatic rings. The van der Waals surface area contributed by atoms with Crippen LogP contribution >= 0.6 is 0 Å². The monoisotopic (exact) mass is 370 g/mol. The molecule has 3 amide bonds. The van der Waals surface area contributed by atoms with E-state index in [2.05, 4.69) is 10.1 Å². The Morgan fingerprint density at radius 3 is 2.67 bits per heavy atom. The normalized spacial score (nSPS) is 15.2. The summed E-state index contributed by atoms with van der Waals surface area (Å²) in [7, 11) is 2.81. The summed E-state index contributed by atoms with van der Waals surface area (Å²) in [6.45, 7) is 1.78. The number of nitrogens with one attached hydrogen (secondary N) is 1. The summed E-state index contributed by atoms with van der Waals surface area (Å²) >= 11 is 0. The van der Waals surface area contributed by atoms with E-state index in [0.717, 1.165) is 16.0 Å². The predicted octanol–water partition coefficient (Wildman–Crippen LogP) is 2.48. The average molecular weight is 370 g/mol. The third-order valence-corrected chi connectivity index (χ3v) is 4.10. The fraction of sp³-hybridized carbons (Fsp3) is 0.211. The number of rotatable bonds is 5. The number of aryl methyl sites for hydroxylation is 1. The molecule has 2 aromatic rings. The maximum atomic E-state index is 12.6. The molecule has 8 nitrogen and oxygen atoms in total. The fourth-order valence-corrected chi connectivity index (χ4v) is 2.64. The Bertz CT molecular complexity index is 943. The first-order chi connectivity index (χ1) is 12.9. The van der Waals surface area contributed by atoms with E-state index < -0.39 is 17.9 Å². The van der Waals surface area contributed by atoms with E-state index in [1.807, 2.05) is 13.0 Å². The summed E-state index contributed by atoms with van der Waals surface area (Å²) in [5, 5.41) is 2.55. The predicted molar refractivity (Wildman–Crippen MR) is 94.8 cm³/mol. The highest BCUT2D eigenvalue weighted by atomic mass is 16.5. The molecule has 1 N–H and O–H groups in total. The number of esters is 1. The molecule has 0 aliphatic carbocycles. The molecule has 0 atom stereocenters. The summed E-state index contributed by atoms with van der Waals surface area (Å²) in [6, 6.07) is 7.80. The van der Waals surface area contributed by atoms with Gasteiger partial charge < -0.3 is 19.2 Å². The minimum absolute atomic E-state index is 0.00387. The maximum absolute atomic E-state index is 12.6. The second kappa shape index (κ2) is 7.36. The van der Waals surface area contributed by atoms with Gasteiger partial charge in [-0.15, -0.1) is 0 Å². The van der Waals surface area contributed by atoms with Gasteiger partial charge in [-0.05, 0) is 48.4 Å². The number of carbonyl (C=O) groups is 3. The second-order valence-corrected chi connectivity index (χ2v) is 5.86. The zero-order chi connectivity index (χ0) is 19.6. The van der Waals surface area contributed by atoms with Crippen LogP contribution < -0.4 is 10.1 Å². The van der Waals surface area contributed by atoms with Crippen molar-refractivity contribution < 1.29 is 28.3 Å². The molecule has 1 aromatic carbocycles. The van der Waals surface area contributed by atoms with Gasteiger partial charge in [0.15, 0.2) is 0 Å². The van der Waals surface area contributed by atoms with Gasteiger partial charge in [0.05, 0.1) is 20.8 Å². The van der Waals surface area contributed by atoms with Gasteiger partial charge >= 0.3 is 12.0 Å². The van der Waals surface area contributed by atoms with Crippen molar-refractivity contribution in [2.45, 2.75) is 13.5 Å². The van der Waals surface area contributed by atoms with E-state index in [1.54, 1.807) is 25.3 Å². The number of benzene rings is 1. The lowest BCUT2D eigenvalue weighted by molar-refractivity contribution is -0.123. The Labute approximate surface area is 155 Å². The summed E-state index contributed by atoms with van der Waals surface area (Å²) in [5.41, 5.74) is 1.84. The van der Waals surface area contributed by atoms with Crippen LogP contribution in [0.3, 0.4) is 0 Å². The van der Waals surface area contributed by atoms with Crippen molar-refractivity contribution in [3.8, 4) is 5.75 Å². The van der Waals surface area contributed by atoms with Crippen LogP contribution in [0.4, 0.5) is 4.79 Å². The SMILES string of the molecule is COC(=O)c1ccc(CN2C(=O)N/C(=C\c3ccc(OC)cc3C)C2=O)o1. The third kappa shape index (κ3) is 3.69. The highest BCUT2D eigenvalue weighted by molar-refractivity contribution is 6.13. The van der Waals surface area contributed by atoms with E-state index in [9.17, 15) is 14.4 Å². The van der Waals surface area contributed by atoms with Crippen LogP contribution in [-0.4, -0.2) is 37.0 Å². The van der Waals surface area contributed by atoms with Crippen molar-refractivity contribution in [2.24, 2.45) is 0 Å². The summed E-state index contributed by atoms with van der Waals surface area (Å²) < 4.78 is 15.0. The van der Waals surface area contributed by atoms with Crippen molar-refractivity contribution in [2.75, 3.05) is 14.2 Å². The molecule has 140 valence electrons. The molecule has 0 bridgehead atoms. The Morgan fingerprint density at radius 2 is 2.00 bits per heavy atom. The lowest BCUT2D eigenvalue weighted by atomic mass is 10.1. The van der Waals surface area contributed by atoms with E-state index in [0.29, 0.717) is 11.5 Å². The van der Waals surface area contributed by atoms with Gasteiger partial charge in [0.1, 0.15) is 17.2 Å². The van der Waals surface area contributed by atoms with Crippen molar-refractivity contribution >= 4 is 24.0 Å². The minimum Gasteiger partial charge on any atom is -0.497 e. The third-order valence-electron chi connectivity index (χ3n) is 4.10. The number of imide groups is 1. The number of urea groups is 1. The van der Waals surface area contributed by atoms with Gasteiger partial charge in [-0.3, -0.25) is 9.69 Å². The number of carbonyl (C=O) groups excluding carboxylic acids is 3. The van der Waals surface area contributed by atoms with Gasteiger partial charge in [0.25, 0.3) is 5.91 Å². The van der Waals surface area contributed by atoms with E-state index in [1.165, 1.54) is 19.2 Å². The highest BCUT2D eigenvalue weighted by Gasteiger charge is 2.34. The molecular formula is C19H18N2O6. The minimum atomic E-state index is -0.631. The summed E-state index contributed by atoms with van der Waals surface area (Å²) in [6.07, 6.45) is 1.61. The van der Waals surface area contributed by atoms with Gasteiger partial charge in [-0.2, -0.15) is 0 Å². The summed E-state index contributed by atoms with van der Waals surface area (Å²) in [4.78, 5) is 37.2. The van der Waals surface area contributed by atoms with Crippen molar-refractivity contribution in [1.82, 2.24) is 10.2 Å². The number of furan rings is 1. The van der Waals surface area contributed by atoms with Crippen molar-refractivity contribution in [1.29, 1.82) is 0 Å². The molecule has 0 spiro atoms.